The normalized spacial score (nSPS) is 19.9. The first kappa shape index (κ1) is 19.2. The lowest BCUT2D eigenvalue weighted by molar-refractivity contribution is 0.150. The van der Waals surface area contributed by atoms with Crippen molar-refractivity contribution < 1.29 is 8.42 Å². The number of aromatic nitrogens is 4. The lowest BCUT2D eigenvalue weighted by atomic mass is 9.99. The van der Waals surface area contributed by atoms with E-state index in [1.807, 2.05) is 6.07 Å². The zero-order chi connectivity index (χ0) is 19.7. The number of nitrogens with two attached hydrogens (primary N) is 1. The molecule has 0 unspecified atom stereocenters. The maximum absolute atomic E-state index is 12.3. The quantitative estimate of drug-likeness (QED) is 0.630. The Balaban J connectivity index is 1.65. The van der Waals surface area contributed by atoms with Crippen molar-refractivity contribution in [2.75, 3.05) is 44.2 Å². The van der Waals surface area contributed by atoms with Crippen LogP contribution >= 0.6 is 0 Å². The molecule has 2 fully saturated rings. The van der Waals surface area contributed by atoms with E-state index < -0.39 is 10.0 Å². The van der Waals surface area contributed by atoms with Crippen LogP contribution < -0.4 is 15.4 Å². The Bertz CT molecular complexity index is 917. The van der Waals surface area contributed by atoms with E-state index in [0.29, 0.717) is 23.0 Å². The first-order valence-electron chi connectivity index (χ1n) is 9.55. The second kappa shape index (κ2) is 7.74. The minimum Gasteiger partial charge on any atom is -0.371 e. The Morgan fingerprint density at radius 3 is 2.46 bits per heavy atom. The molecule has 3 heterocycles. The second-order valence-corrected chi connectivity index (χ2v) is 8.90. The second-order valence-electron chi connectivity index (χ2n) is 7.40. The van der Waals surface area contributed by atoms with Crippen molar-refractivity contribution in [3.05, 3.63) is 17.7 Å². The zero-order valence-corrected chi connectivity index (χ0v) is 16.7. The summed E-state index contributed by atoms with van der Waals surface area (Å²) >= 11 is 0. The molecule has 1 aromatic heterocycles. The maximum atomic E-state index is 12.3. The third-order valence-corrected chi connectivity index (χ3v) is 6.77. The molecule has 0 amide bonds. The van der Waals surface area contributed by atoms with Crippen LogP contribution in [0.25, 0.3) is 11.4 Å². The largest absolute Gasteiger partial charge is 0.371 e. The van der Waals surface area contributed by atoms with Crippen molar-refractivity contribution in [3.63, 3.8) is 0 Å². The molecule has 2 saturated heterocycles. The van der Waals surface area contributed by atoms with Gasteiger partial charge in [-0.05, 0) is 41.8 Å². The van der Waals surface area contributed by atoms with Crippen molar-refractivity contribution in [1.82, 2.24) is 30.8 Å². The molecule has 10 nitrogen and oxygen atoms in total. The van der Waals surface area contributed by atoms with Gasteiger partial charge in [0.25, 0.3) is 0 Å². The highest BCUT2D eigenvalue weighted by Gasteiger charge is 2.30. The molecule has 4 rings (SSSR count). The van der Waals surface area contributed by atoms with E-state index in [-0.39, 0.29) is 4.90 Å². The number of hydrogen-bond acceptors (Lipinski definition) is 8. The molecule has 2 aliphatic heterocycles. The summed E-state index contributed by atoms with van der Waals surface area (Å²) in [6, 6.07) is 4.30. The van der Waals surface area contributed by atoms with Gasteiger partial charge in [-0.2, -0.15) is 0 Å². The molecule has 11 heteroatoms. The molecule has 0 saturated carbocycles. The Morgan fingerprint density at radius 2 is 1.86 bits per heavy atom. The number of hydrogen-bond donors (Lipinski definition) is 3. The lowest BCUT2D eigenvalue weighted by Gasteiger charge is -2.41. The molecule has 152 valence electrons. The van der Waals surface area contributed by atoms with E-state index in [4.69, 9.17) is 5.14 Å². The van der Waals surface area contributed by atoms with Crippen molar-refractivity contribution >= 4 is 15.7 Å². The molecule has 0 spiro atoms. The average molecular weight is 407 g/mol. The molecule has 2 aromatic rings. The highest BCUT2D eigenvalue weighted by Crippen LogP contribution is 2.37. The number of piperazine rings is 1. The van der Waals surface area contributed by atoms with Gasteiger partial charge < -0.3 is 10.2 Å². The molecule has 28 heavy (non-hydrogen) atoms. The predicted molar refractivity (Wildman–Crippen MR) is 105 cm³/mol. The lowest BCUT2D eigenvalue weighted by Crippen LogP contribution is -2.52. The number of piperidine rings is 1. The standard InChI is InChI=1S/C17H26N8O2S/c1-12-2-3-14(15(16(12)28(18,26)27)17-20-22-23-21-17)25-8-4-13(5-9-25)24-10-6-19-7-11-24/h2-3,13,19H,4-11H2,1H3,(H2,18,26,27)(H,20,21,22,23). The van der Waals surface area contributed by atoms with E-state index in [2.05, 4.69) is 35.7 Å². The maximum Gasteiger partial charge on any atom is 0.239 e. The van der Waals surface area contributed by atoms with Gasteiger partial charge in [0.1, 0.15) is 0 Å². The van der Waals surface area contributed by atoms with E-state index >= 15 is 0 Å². The van der Waals surface area contributed by atoms with E-state index in [0.717, 1.165) is 57.8 Å². The fraction of sp³-hybridized carbons (Fsp3) is 0.588. The summed E-state index contributed by atoms with van der Waals surface area (Å²) in [4.78, 5) is 4.85. The topological polar surface area (TPSA) is 133 Å². The minimum atomic E-state index is -3.94. The van der Waals surface area contributed by atoms with Crippen LogP contribution in [0.2, 0.25) is 0 Å². The number of aryl methyl sites for hydroxylation is 1. The van der Waals surface area contributed by atoms with E-state index in [1.165, 1.54) is 0 Å². The molecular formula is C17H26N8O2S. The molecule has 1 aromatic carbocycles. The number of sulfonamides is 1. The molecule has 0 bridgehead atoms. The van der Waals surface area contributed by atoms with Gasteiger partial charge in [0.15, 0.2) is 5.82 Å². The molecule has 2 aliphatic rings. The van der Waals surface area contributed by atoms with E-state index in [1.54, 1.807) is 13.0 Å². The molecule has 0 radical (unpaired) electrons. The number of primary sulfonamides is 1. The zero-order valence-electron chi connectivity index (χ0n) is 15.9. The summed E-state index contributed by atoms with van der Waals surface area (Å²) in [5.74, 6) is 0.312. The fourth-order valence-corrected chi connectivity index (χ4v) is 5.32. The Labute approximate surface area is 164 Å². The first-order valence-corrected chi connectivity index (χ1v) is 11.1. The summed E-state index contributed by atoms with van der Waals surface area (Å²) in [7, 11) is -3.94. The molecule has 4 N–H and O–H groups in total. The highest BCUT2D eigenvalue weighted by molar-refractivity contribution is 7.89. The van der Waals surface area contributed by atoms with Gasteiger partial charge >= 0.3 is 0 Å². The van der Waals surface area contributed by atoms with Gasteiger partial charge in [-0.25, -0.2) is 18.7 Å². The number of H-pyrrole nitrogens is 1. The smallest absolute Gasteiger partial charge is 0.239 e. The third-order valence-electron chi connectivity index (χ3n) is 5.67. The minimum absolute atomic E-state index is 0.0766. The average Bonchev–Trinajstić information content (AvgIpc) is 3.22. The van der Waals surface area contributed by atoms with Crippen molar-refractivity contribution in [2.45, 2.75) is 30.7 Å². The Kier molecular flexibility index (Phi) is 5.32. The number of nitrogens with one attached hydrogen (secondary N) is 2. The van der Waals surface area contributed by atoms with Gasteiger partial charge in [0.2, 0.25) is 10.0 Å². The van der Waals surface area contributed by atoms with Gasteiger partial charge in [-0.1, -0.05) is 6.07 Å². The number of benzene rings is 1. The number of tetrazole rings is 1. The van der Waals surface area contributed by atoms with Crippen LogP contribution in [-0.2, 0) is 10.0 Å². The molecule has 0 atom stereocenters. The number of rotatable bonds is 4. The SMILES string of the molecule is Cc1ccc(N2CCC(N3CCNCC3)CC2)c(-c2nnn[nH]2)c1S(N)(=O)=O. The fourth-order valence-electron chi connectivity index (χ4n) is 4.32. The van der Waals surface area contributed by atoms with Crippen LogP contribution in [0.15, 0.2) is 17.0 Å². The van der Waals surface area contributed by atoms with Crippen LogP contribution in [0.4, 0.5) is 5.69 Å². The highest BCUT2D eigenvalue weighted by atomic mass is 32.2. The number of anilines is 1. The Hall–Kier alpha value is -2.08. The predicted octanol–water partition coefficient (Wildman–Crippen LogP) is -0.303. The number of aromatic amines is 1. The first-order chi connectivity index (χ1) is 13.4. The van der Waals surface area contributed by atoms with Gasteiger partial charge in [0.05, 0.1) is 10.5 Å². The van der Waals surface area contributed by atoms with Crippen LogP contribution in [0.5, 0.6) is 0 Å². The van der Waals surface area contributed by atoms with Crippen LogP contribution in [-0.4, -0.2) is 79.3 Å². The summed E-state index contributed by atoms with van der Waals surface area (Å²) in [5, 5.41) is 22.8. The summed E-state index contributed by atoms with van der Waals surface area (Å²) < 4.78 is 24.7. The van der Waals surface area contributed by atoms with Crippen LogP contribution in [0.1, 0.15) is 18.4 Å². The Morgan fingerprint density at radius 1 is 1.14 bits per heavy atom. The van der Waals surface area contributed by atoms with Gasteiger partial charge in [-0.15, -0.1) is 5.10 Å². The molecule has 0 aliphatic carbocycles. The van der Waals surface area contributed by atoms with E-state index in [9.17, 15) is 8.42 Å². The van der Waals surface area contributed by atoms with Crippen molar-refractivity contribution in [2.24, 2.45) is 5.14 Å². The van der Waals surface area contributed by atoms with Gasteiger partial charge in [0, 0.05) is 51.0 Å². The molecular weight excluding hydrogens is 380 g/mol. The van der Waals surface area contributed by atoms with Crippen molar-refractivity contribution in [3.8, 4) is 11.4 Å². The summed E-state index contributed by atoms with van der Waals surface area (Å²) in [6.07, 6.45) is 2.07. The third kappa shape index (κ3) is 3.75. The van der Waals surface area contributed by atoms with Crippen LogP contribution in [0, 0.1) is 6.92 Å². The number of nitrogens with zero attached hydrogens (tertiary/aromatic N) is 5. The van der Waals surface area contributed by atoms with Crippen molar-refractivity contribution in [1.29, 1.82) is 0 Å². The monoisotopic (exact) mass is 406 g/mol. The van der Waals surface area contributed by atoms with Gasteiger partial charge in [-0.3, -0.25) is 4.90 Å². The van der Waals surface area contributed by atoms with Crippen LogP contribution in [0.3, 0.4) is 0 Å². The summed E-state index contributed by atoms with van der Waals surface area (Å²) in [5.41, 5.74) is 1.83. The summed E-state index contributed by atoms with van der Waals surface area (Å²) in [6.45, 7) is 7.66.